The van der Waals surface area contributed by atoms with E-state index in [9.17, 15) is 0 Å². The molecule has 1 heterocycles. The summed E-state index contributed by atoms with van der Waals surface area (Å²) in [5, 5.41) is 2.28. The van der Waals surface area contributed by atoms with Crippen LogP contribution < -0.4 is 0 Å². The maximum Gasteiger partial charge on any atom is 0.0258 e. The molecule has 0 fully saturated rings. The standard InChI is InChI=1S/C8H6BrIS/c9-7-2-1-3-8-6(7)4-5-11(8)10/h1-5,11H. The van der Waals surface area contributed by atoms with Crippen LogP contribution in [0, 0.1) is 0 Å². The van der Waals surface area contributed by atoms with E-state index in [1.165, 1.54) is 14.9 Å². The van der Waals surface area contributed by atoms with E-state index in [1.54, 1.807) is 0 Å². The van der Waals surface area contributed by atoms with Crippen molar-refractivity contribution in [1.82, 2.24) is 0 Å². The smallest absolute Gasteiger partial charge is 0.0258 e. The van der Waals surface area contributed by atoms with Crippen LogP contribution in [-0.4, -0.2) is 0 Å². The maximum atomic E-state index is 3.53. The maximum absolute atomic E-state index is 3.53. The van der Waals surface area contributed by atoms with Crippen LogP contribution in [0.15, 0.2) is 33.0 Å². The molecule has 0 saturated carbocycles. The number of hydrogen-bond acceptors (Lipinski definition) is 0. The molecule has 1 atom stereocenters. The Balaban J connectivity index is 2.65. The van der Waals surface area contributed by atoms with Crippen molar-refractivity contribution in [3.63, 3.8) is 0 Å². The molecule has 1 unspecified atom stereocenters. The summed E-state index contributed by atoms with van der Waals surface area (Å²) in [7, 11) is -0.0376. The minimum absolute atomic E-state index is 0.0376. The van der Waals surface area contributed by atoms with Crippen molar-refractivity contribution in [2.24, 2.45) is 0 Å². The van der Waals surface area contributed by atoms with Gasteiger partial charge in [0.15, 0.2) is 0 Å². The molecule has 58 valence electrons. The second-order valence-electron chi connectivity index (χ2n) is 2.30. The first kappa shape index (κ1) is 8.13. The number of fused-ring (bicyclic) bond motifs is 1. The summed E-state index contributed by atoms with van der Waals surface area (Å²) in [4.78, 5) is 1.48. The van der Waals surface area contributed by atoms with Crippen molar-refractivity contribution in [3.8, 4) is 0 Å². The normalized spacial score (nSPS) is 23.6. The Morgan fingerprint density at radius 1 is 1.36 bits per heavy atom. The fourth-order valence-corrected chi connectivity index (χ4v) is 4.59. The topological polar surface area (TPSA) is 0 Å². The second-order valence-corrected chi connectivity index (χ2v) is 7.67. The second kappa shape index (κ2) is 3.11. The molecule has 0 radical (unpaired) electrons. The van der Waals surface area contributed by atoms with Crippen molar-refractivity contribution in [3.05, 3.63) is 33.6 Å². The zero-order valence-corrected chi connectivity index (χ0v) is 10.2. The largest absolute Gasteiger partial charge is 0.151 e. The van der Waals surface area contributed by atoms with Crippen molar-refractivity contribution in [2.45, 2.75) is 4.90 Å². The number of thiol groups is 1. The average Bonchev–Trinajstić information content (AvgIpc) is 2.35. The fourth-order valence-electron chi connectivity index (χ4n) is 1.10. The highest BCUT2D eigenvalue weighted by Gasteiger charge is 2.12. The van der Waals surface area contributed by atoms with Crippen molar-refractivity contribution < 1.29 is 0 Å². The molecule has 11 heavy (non-hydrogen) atoms. The molecule has 0 bridgehead atoms. The summed E-state index contributed by atoms with van der Waals surface area (Å²) in [6.07, 6.45) is 2.21. The molecule has 0 saturated heterocycles. The highest BCUT2D eigenvalue weighted by molar-refractivity contribution is 14.2. The summed E-state index contributed by atoms with van der Waals surface area (Å²) in [6.45, 7) is 0. The van der Waals surface area contributed by atoms with E-state index in [2.05, 4.69) is 66.8 Å². The summed E-state index contributed by atoms with van der Waals surface area (Å²) in [5.74, 6) is 0. The van der Waals surface area contributed by atoms with E-state index in [-0.39, 0.29) is 8.07 Å². The van der Waals surface area contributed by atoms with Crippen LogP contribution in [0.25, 0.3) is 6.08 Å². The van der Waals surface area contributed by atoms with Gasteiger partial charge in [0.1, 0.15) is 0 Å². The van der Waals surface area contributed by atoms with E-state index >= 15 is 0 Å². The lowest BCUT2D eigenvalue weighted by molar-refractivity contribution is 1.41. The molecular formula is C8H6BrIS. The van der Waals surface area contributed by atoms with Gasteiger partial charge < -0.3 is 0 Å². The molecular weight excluding hydrogens is 335 g/mol. The van der Waals surface area contributed by atoms with E-state index < -0.39 is 0 Å². The van der Waals surface area contributed by atoms with Gasteiger partial charge in [-0.05, 0) is 44.8 Å². The molecule has 0 aromatic heterocycles. The zero-order valence-electron chi connectivity index (χ0n) is 5.59. The Labute approximate surface area is 89.1 Å². The Hall–Kier alpha value is 0.520. The van der Waals surface area contributed by atoms with Gasteiger partial charge in [0.2, 0.25) is 0 Å². The van der Waals surface area contributed by atoms with Crippen LogP contribution >= 0.6 is 45.2 Å². The van der Waals surface area contributed by atoms with Crippen LogP contribution in [0.2, 0.25) is 0 Å². The lowest BCUT2D eigenvalue weighted by atomic mass is 10.2. The Morgan fingerprint density at radius 3 is 2.91 bits per heavy atom. The van der Waals surface area contributed by atoms with Crippen LogP contribution in [0.3, 0.4) is 0 Å². The molecule has 2 rings (SSSR count). The summed E-state index contributed by atoms with van der Waals surface area (Å²) in [5.41, 5.74) is 1.37. The number of rotatable bonds is 0. The predicted molar refractivity (Wildman–Crippen MR) is 64.4 cm³/mol. The van der Waals surface area contributed by atoms with Crippen molar-refractivity contribution in [2.75, 3.05) is 0 Å². The van der Waals surface area contributed by atoms with Gasteiger partial charge >= 0.3 is 0 Å². The third kappa shape index (κ3) is 1.38. The van der Waals surface area contributed by atoms with Crippen LogP contribution in [0.4, 0.5) is 0 Å². The molecule has 0 nitrogen and oxygen atoms in total. The molecule has 0 N–H and O–H groups in total. The fraction of sp³-hybridized carbons (Fsp3) is 0. The quantitative estimate of drug-likeness (QED) is 0.532. The first-order valence-corrected chi connectivity index (χ1v) is 8.20. The zero-order chi connectivity index (χ0) is 7.84. The molecule has 1 aliphatic heterocycles. The molecule has 1 aromatic rings. The molecule has 1 aliphatic rings. The van der Waals surface area contributed by atoms with E-state index in [4.69, 9.17) is 0 Å². The molecule has 1 aromatic carbocycles. The van der Waals surface area contributed by atoms with Gasteiger partial charge in [0.05, 0.1) is 0 Å². The third-order valence-electron chi connectivity index (χ3n) is 1.63. The van der Waals surface area contributed by atoms with Gasteiger partial charge in [0, 0.05) is 14.9 Å². The van der Waals surface area contributed by atoms with E-state index in [0.717, 1.165) is 0 Å². The number of benzene rings is 1. The summed E-state index contributed by atoms with van der Waals surface area (Å²) >= 11 is 6.03. The molecule has 0 amide bonds. The van der Waals surface area contributed by atoms with Gasteiger partial charge in [-0.15, -0.1) is 0 Å². The van der Waals surface area contributed by atoms with E-state index in [0.29, 0.717) is 0 Å². The van der Waals surface area contributed by atoms with Gasteiger partial charge in [-0.2, -0.15) is 8.07 Å². The van der Waals surface area contributed by atoms with Crippen molar-refractivity contribution in [1.29, 1.82) is 0 Å². The van der Waals surface area contributed by atoms with Crippen LogP contribution in [0.5, 0.6) is 0 Å². The highest BCUT2D eigenvalue weighted by atomic mass is 127. The predicted octanol–water partition coefficient (Wildman–Crippen LogP) is 4.14. The summed E-state index contributed by atoms with van der Waals surface area (Å²) < 4.78 is 1.22. The van der Waals surface area contributed by atoms with Crippen LogP contribution in [0.1, 0.15) is 5.56 Å². The molecule has 3 heteroatoms. The lowest BCUT2D eigenvalue weighted by Crippen LogP contribution is -1.75. The van der Waals surface area contributed by atoms with Gasteiger partial charge in [-0.1, -0.05) is 22.0 Å². The van der Waals surface area contributed by atoms with Gasteiger partial charge in [-0.3, -0.25) is 0 Å². The Kier molecular flexibility index (Phi) is 2.30. The SMILES string of the molecule is Brc1cccc2c1C=C[SH]2I. The highest BCUT2D eigenvalue weighted by Crippen LogP contribution is 2.53. The molecule has 0 aliphatic carbocycles. The van der Waals surface area contributed by atoms with Gasteiger partial charge in [0.25, 0.3) is 0 Å². The third-order valence-corrected chi connectivity index (χ3v) is 6.11. The first-order valence-electron chi connectivity index (χ1n) is 3.21. The Bertz CT molecular complexity index is 322. The first-order chi connectivity index (χ1) is 5.29. The monoisotopic (exact) mass is 340 g/mol. The van der Waals surface area contributed by atoms with Crippen LogP contribution in [-0.2, 0) is 0 Å². The average molecular weight is 341 g/mol. The molecule has 0 spiro atoms. The van der Waals surface area contributed by atoms with Crippen molar-refractivity contribution >= 4 is 51.3 Å². The Morgan fingerprint density at radius 2 is 2.18 bits per heavy atom. The van der Waals surface area contributed by atoms with Gasteiger partial charge in [-0.25, -0.2) is 0 Å². The lowest BCUT2D eigenvalue weighted by Gasteiger charge is -2.06. The number of hydrogen-bond donors (Lipinski definition) is 1. The summed E-state index contributed by atoms with van der Waals surface area (Å²) in [6, 6.07) is 6.40. The minimum atomic E-state index is -0.0376. The van der Waals surface area contributed by atoms with E-state index in [1.807, 2.05) is 0 Å². The minimum Gasteiger partial charge on any atom is -0.151 e. The number of halogens is 2.